The highest BCUT2D eigenvalue weighted by molar-refractivity contribution is 7.99. The fourth-order valence-electron chi connectivity index (χ4n) is 3.78. The fraction of sp³-hybridized carbons (Fsp3) is 0.208. The molecule has 0 unspecified atom stereocenters. The number of nitrogens with zero attached hydrogens (tertiary/aromatic N) is 6. The van der Waals surface area contributed by atoms with Crippen molar-refractivity contribution in [2.45, 2.75) is 17.6 Å². The Morgan fingerprint density at radius 1 is 1.15 bits per heavy atom. The molecule has 172 valence electrons. The number of hydrazone groups is 1. The van der Waals surface area contributed by atoms with E-state index in [4.69, 9.17) is 9.15 Å². The summed E-state index contributed by atoms with van der Waals surface area (Å²) in [5, 5.41) is 15.3. The van der Waals surface area contributed by atoms with E-state index in [0.717, 1.165) is 22.6 Å². The van der Waals surface area contributed by atoms with Crippen molar-refractivity contribution in [1.29, 1.82) is 0 Å². The molecular formula is C24H22N6O3S. The molecule has 1 aromatic carbocycles. The van der Waals surface area contributed by atoms with Crippen molar-refractivity contribution in [1.82, 2.24) is 24.8 Å². The van der Waals surface area contributed by atoms with Gasteiger partial charge in [0, 0.05) is 31.4 Å². The Morgan fingerprint density at radius 3 is 2.71 bits per heavy atom. The first-order valence-electron chi connectivity index (χ1n) is 10.6. The summed E-state index contributed by atoms with van der Waals surface area (Å²) < 4.78 is 12.7. The number of benzene rings is 1. The van der Waals surface area contributed by atoms with E-state index in [1.165, 1.54) is 16.8 Å². The van der Waals surface area contributed by atoms with Gasteiger partial charge in [-0.3, -0.25) is 9.78 Å². The maximum Gasteiger partial charge on any atom is 0.253 e. The van der Waals surface area contributed by atoms with Gasteiger partial charge in [0.15, 0.2) is 11.0 Å². The monoisotopic (exact) mass is 474 g/mol. The Hall–Kier alpha value is -3.92. The number of ether oxygens (including phenoxy) is 1. The van der Waals surface area contributed by atoms with E-state index in [1.807, 2.05) is 60.1 Å². The van der Waals surface area contributed by atoms with Crippen LogP contribution in [0.2, 0.25) is 0 Å². The summed E-state index contributed by atoms with van der Waals surface area (Å²) in [6.45, 7) is 0. The van der Waals surface area contributed by atoms with Gasteiger partial charge in [-0.25, -0.2) is 5.01 Å². The van der Waals surface area contributed by atoms with Crippen LogP contribution in [0, 0.1) is 0 Å². The van der Waals surface area contributed by atoms with Crippen LogP contribution in [0.15, 0.2) is 81.9 Å². The van der Waals surface area contributed by atoms with Gasteiger partial charge in [0.1, 0.15) is 17.6 Å². The zero-order chi connectivity index (χ0) is 23.5. The minimum Gasteiger partial charge on any atom is -0.497 e. The minimum absolute atomic E-state index is 0.138. The second kappa shape index (κ2) is 9.52. The predicted molar refractivity (Wildman–Crippen MR) is 127 cm³/mol. The number of thioether (sulfide) groups is 1. The summed E-state index contributed by atoms with van der Waals surface area (Å²) in [6.07, 6.45) is 5.61. The molecule has 1 aliphatic rings. The number of hydrogen-bond donors (Lipinski definition) is 0. The number of pyridine rings is 1. The van der Waals surface area contributed by atoms with E-state index in [2.05, 4.69) is 20.3 Å². The number of hydrogen-bond acceptors (Lipinski definition) is 8. The van der Waals surface area contributed by atoms with E-state index >= 15 is 0 Å². The van der Waals surface area contributed by atoms with Crippen LogP contribution in [0.5, 0.6) is 5.75 Å². The molecule has 0 aliphatic carbocycles. The molecule has 0 radical (unpaired) electrons. The van der Waals surface area contributed by atoms with Crippen molar-refractivity contribution in [3.63, 3.8) is 0 Å². The Balaban J connectivity index is 1.34. The molecule has 0 saturated heterocycles. The SMILES string of the molecule is COc1ccc(C2=NN(C(=O)CSc3nnc(-c4cccnc4)n3C)[C@@H](c3ccco3)C2)cc1. The smallest absolute Gasteiger partial charge is 0.253 e. The quantitative estimate of drug-likeness (QED) is 0.374. The van der Waals surface area contributed by atoms with Crippen molar-refractivity contribution < 1.29 is 13.9 Å². The molecule has 1 atom stereocenters. The van der Waals surface area contributed by atoms with Crippen molar-refractivity contribution in [2.24, 2.45) is 12.1 Å². The van der Waals surface area contributed by atoms with Gasteiger partial charge in [0.05, 0.1) is 24.8 Å². The van der Waals surface area contributed by atoms with Crippen molar-refractivity contribution in [2.75, 3.05) is 12.9 Å². The van der Waals surface area contributed by atoms with Gasteiger partial charge in [-0.1, -0.05) is 11.8 Å². The van der Waals surface area contributed by atoms with E-state index in [-0.39, 0.29) is 17.7 Å². The molecule has 10 heteroatoms. The molecule has 0 bridgehead atoms. The lowest BCUT2D eigenvalue weighted by atomic mass is 10.0. The van der Waals surface area contributed by atoms with E-state index in [0.29, 0.717) is 23.2 Å². The van der Waals surface area contributed by atoms with Gasteiger partial charge in [-0.15, -0.1) is 10.2 Å². The Morgan fingerprint density at radius 2 is 2.00 bits per heavy atom. The molecule has 0 saturated carbocycles. The lowest BCUT2D eigenvalue weighted by Gasteiger charge is -2.19. The van der Waals surface area contributed by atoms with Gasteiger partial charge in [0.25, 0.3) is 5.91 Å². The van der Waals surface area contributed by atoms with Gasteiger partial charge < -0.3 is 13.7 Å². The fourth-order valence-corrected chi connectivity index (χ4v) is 4.54. The summed E-state index contributed by atoms with van der Waals surface area (Å²) in [6, 6.07) is 14.8. The van der Waals surface area contributed by atoms with Gasteiger partial charge in [-0.05, 0) is 54.1 Å². The molecule has 0 spiro atoms. The summed E-state index contributed by atoms with van der Waals surface area (Å²) in [5.74, 6) is 2.18. The number of rotatable bonds is 7. The van der Waals surface area contributed by atoms with Crippen LogP contribution in [0.1, 0.15) is 23.8 Å². The first-order valence-corrected chi connectivity index (χ1v) is 11.6. The van der Waals surface area contributed by atoms with Crippen LogP contribution >= 0.6 is 11.8 Å². The molecule has 0 N–H and O–H groups in total. The molecule has 4 heterocycles. The average molecular weight is 475 g/mol. The van der Waals surface area contributed by atoms with Crippen molar-refractivity contribution in [3.05, 3.63) is 78.5 Å². The van der Waals surface area contributed by atoms with Gasteiger partial charge >= 0.3 is 0 Å². The topological polar surface area (TPSA) is 98.6 Å². The third-order valence-electron chi connectivity index (χ3n) is 5.54. The number of carbonyl (C=O) groups excluding carboxylic acids is 1. The van der Waals surface area contributed by atoms with Gasteiger partial charge in [-0.2, -0.15) is 5.10 Å². The van der Waals surface area contributed by atoms with Gasteiger partial charge in [0.2, 0.25) is 0 Å². The normalized spacial score (nSPS) is 15.4. The summed E-state index contributed by atoms with van der Waals surface area (Å²) in [7, 11) is 3.50. The van der Waals surface area contributed by atoms with E-state index < -0.39 is 0 Å². The molecule has 34 heavy (non-hydrogen) atoms. The van der Waals surface area contributed by atoms with Crippen LogP contribution in [0.4, 0.5) is 0 Å². The third kappa shape index (κ3) is 4.32. The van der Waals surface area contributed by atoms with Crippen LogP contribution < -0.4 is 4.74 Å². The molecule has 1 aliphatic heterocycles. The Labute approximate surface area is 200 Å². The van der Waals surface area contributed by atoms with E-state index in [9.17, 15) is 4.79 Å². The van der Waals surface area contributed by atoms with Crippen molar-refractivity contribution >= 4 is 23.4 Å². The standard InChI is InChI=1S/C24H22N6O3S/c1-29-23(17-5-3-11-25-14-17)26-27-24(29)34-15-22(31)30-20(21-6-4-12-33-21)13-19(28-30)16-7-9-18(32-2)10-8-16/h3-12,14,20H,13,15H2,1-2H3/t20-/m1/s1. The van der Waals surface area contributed by atoms with Crippen LogP contribution in [-0.4, -0.2) is 49.2 Å². The highest BCUT2D eigenvalue weighted by Gasteiger charge is 2.35. The molecule has 9 nitrogen and oxygen atoms in total. The highest BCUT2D eigenvalue weighted by Crippen LogP contribution is 2.34. The number of aromatic nitrogens is 4. The molecule has 5 rings (SSSR count). The zero-order valence-corrected chi connectivity index (χ0v) is 19.5. The molecule has 3 aromatic heterocycles. The molecule has 4 aromatic rings. The Kier molecular flexibility index (Phi) is 6.13. The summed E-state index contributed by atoms with van der Waals surface area (Å²) in [4.78, 5) is 17.4. The number of furan rings is 1. The Bertz CT molecular complexity index is 1300. The average Bonchev–Trinajstić information content (AvgIpc) is 3.63. The lowest BCUT2D eigenvalue weighted by Crippen LogP contribution is -2.28. The highest BCUT2D eigenvalue weighted by atomic mass is 32.2. The molecule has 1 amide bonds. The second-order valence-electron chi connectivity index (χ2n) is 7.64. The first-order chi connectivity index (χ1) is 16.6. The van der Waals surface area contributed by atoms with E-state index in [1.54, 1.807) is 25.8 Å². The number of methoxy groups -OCH3 is 1. The molecular weight excluding hydrogens is 452 g/mol. The molecule has 0 fully saturated rings. The summed E-state index contributed by atoms with van der Waals surface area (Å²) >= 11 is 1.32. The first kappa shape index (κ1) is 21.9. The third-order valence-corrected chi connectivity index (χ3v) is 6.55. The lowest BCUT2D eigenvalue weighted by molar-refractivity contribution is -0.130. The largest absolute Gasteiger partial charge is 0.497 e. The predicted octanol–water partition coefficient (Wildman–Crippen LogP) is 3.95. The second-order valence-corrected chi connectivity index (χ2v) is 8.59. The minimum atomic E-state index is -0.300. The maximum atomic E-state index is 13.3. The maximum absolute atomic E-state index is 13.3. The van der Waals surface area contributed by atoms with Crippen LogP contribution in [0.25, 0.3) is 11.4 Å². The number of amides is 1. The van der Waals surface area contributed by atoms with Crippen molar-refractivity contribution in [3.8, 4) is 17.1 Å². The summed E-state index contributed by atoms with van der Waals surface area (Å²) in [5.41, 5.74) is 2.62. The zero-order valence-electron chi connectivity index (χ0n) is 18.7. The van der Waals surface area contributed by atoms with Crippen LogP contribution in [-0.2, 0) is 11.8 Å². The number of carbonyl (C=O) groups is 1. The van der Waals surface area contributed by atoms with Crippen LogP contribution in [0.3, 0.4) is 0 Å².